The standard InChI is InChI=1S/C7H8.2C4H6O2.C2H6O2/c1-7-5-3-2-4-6-7;2*1-3(2)4(5)6;3-1-2-4/h2-6H,1H3;2*1H2,2H3,(H,5,6);3-4H,1-2H2. The third-order valence-corrected chi connectivity index (χ3v) is 1.77. The molecule has 1 rings (SSSR count). The molecule has 0 saturated heterocycles. The molecule has 0 radical (unpaired) electrons. The predicted octanol–water partition coefficient (Wildman–Crippen LogP) is 2.26. The first-order chi connectivity index (χ1) is 10.6. The SMILES string of the molecule is C=C(C)C(=O)O.C=C(C)C(=O)O.Cc1ccccc1.OCCO. The Kier molecular flexibility index (Phi) is 19.5. The molecule has 1 aromatic carbocycles. The van der Waals surface area contributed by atoms with Crippen LogP contribution in [0, 0.1) is 6.92 Å². The summed E-state index contributed by atoms with van der Waals surface area (Å²) in [6, 6.07) is 10.3. The van der Waals surface area contributed by atoms with Gasteiger partial charge in [-0.15, -0.1) is 0 Å². The van der Waals surface area contributed by atoms with Crippen LogP contribution in [0.4, 0.5) is 0 Å². The molecule has 0 aliphatic rings. The Bertz CT molecular complexity index is 415. The molecule has 4 N–H and O–H groups in total. The van der Waals surface area contributed by atoms with E-state index in [4.69, 9.17) is 20.4 Å². The summed E-state index contributed by atoms with van der Waals surface area (Å²) in [5.41, 5.74) is 1.67. The molecule has 0 aliphatic carbocycles. The second-order valence-corrected chi connectivity index (χ2v) is 4.27. The number of carboxylic acids is 2. The first-order valence-electron chi connectivity index (χ1n) is 6.61. The zero-order valence-electron chi connectivity index (χ0n) is 13.8. The number of aliphatic carboxylic acids is 2. The molecule has 0 bridgehead atoms. The summed E-state index contributed by atoms with van der Waals surface area (Å²) >= 11 is 0. The lowest BCUT2D eigenvalue weighted by Crippen LogP contribution is -1.92. The lowest BCUT2D eigenvalue weighted by Gasteiger charge is -1.82. The fourth-order valence-electron chi connectivity index (χ4n) is 0.534. The van der Waals surface area contributed by atoms with Crippen molar-refractivity contribution >= 4 is 11.9 Å². The summed E-state index contributed by atoms with van der Waals surface area (Å²) in [6.07, 6.45) is 0. The molecule has 130 valence electrons. The Hall–Kier alpha value is -2.44. The van der Waals surface area contributed by atoms with Crippen LogP contribution in [0.15, 0.2) is 54.6 Å². The van der Waals surface area contributed by atoms with E-state index in [1.54, 1.807) is 0 Å². The minimum absolute atomic E-state index is 0.125. The zero-order chi connectivity index (χ0) is 18.8. The molecule has 1 aromatic rings. The summed E-state index contributed by atoms with van der Waals surface area (Å²) < 4.78 is 0. The minimum atomic E-state index is -0.935. The molecule has 0 atom stereocenters. The van der Waals surface area contributed by atoms with E-state index in [0.717, 1.165) is 0 Å². The Morgan fingerprint density at radius 3 is 1.22 bits per heavy atom. The van der Waals surface area contributed by atoms with Crippen molar-refractivity contribution in [3.63, 3.8) is 0 Å². The molecule has 0 spiro atoms. The molecule has 0 saturated carbocycles. The van der Waals surface area contributed by atoms with Gasteiger partial charge in [-0.3, -0.25) is 0 Å². The monoisotopic (exact) mass is 326 g/mol. The van der Waals surface area contributed by atoms with E-state index < -0.39 is 11.9 Å². The largest absolute Gasteiger partial charge is 0.478 e. The van der Waals surface area contributed by atoms with Crippen LogP contribution in [-0.4, -0.2) is 45.6 Å². The van der Waals surface area contributed by atoms with Crippen LogP contribution in [0.2, 0.25) is 0 Å². The molecule has 6 heteroatoms. The molecule has 0 aliphatic heterocycles. The summed E-state index contributed by atoms with van der Waals surface area (Å²) in [7, 11) is 0. The van der Waals surface area contributed by atoms with Crippen LogP contribution >= 0.6 is 0 Å². The highest BCUT2D eigenvalue weighted by Gasteiger charge is 1.90. The van der Waals surface area contributed by atoms with Gasteiger partial charge in [-0.05, 0) is 20.8 Å². The van der Waals surface area contributed by atoms with Crippen molar-refractivity contribution in [2.75, 3.05) is 13.2 Å². The first kappa shape index (κ1) is 25.5. The van der Waals surface area contributed by atoms with Gasteiger partial charge in [0, 0.05) is 11.1 Å². The van der Waals surface area contributed by atoms with E-state index >= 15 is 0 Å². The summed E-state index contributed by atoms with van der Waals surface area (Å²) in [6.45, 7) is 11.0. The van der Waals surface area contributed by atoms with Gasteiger partial charge in [-0.1, -0.05) is 49.1 Å². The Morgan fingerprint density at radius 1 is 0.870 bits per heavy atom. The number of benzene rings is 1. The molecular weight excluding hydrogens is 300 g/mol. The number of aliphatic hydroxyl groups excluding tert-OH is 2. The maximum atomic E-state index is 9.60. The van der Waals surface area contributed by atoms with Gasteiger partial charge in [0.05, 0.1) is 13.2 Å². The van der Waals surface area contributed by atoms with Gasteiger partial charge in [0.2, 0.25) is 0 Å². The third-order valence-electron chi connectivity index (χ3n) is 1.77. The molecule has 0 aromatic heterocycles. The average molecular weight is 326 g/mol. The van der Waals surface area contributed by atoms with Gasteiger partial charge >= 0.3 is 11.9 Å². The number of carboxylic acid groups (broad SMARTS) is 2. The van der Waals surface area contributed by atoms with Crippen LogP contribution in [-0.2, 0) is 9.59 Å². The lowest BCUT2D eigenvalue weighted by molar-refractivity contribution is -0.133. The highest BCUT2D eigenvalue weighted by molar-refractivity contribution is 5.85. The second kappa shape index (κ2) is 17.6. The van der Waals surface area contributed by atoms with E-state index in [0.29, 0.717) is 0 Å². The highest BCUT2D eigenvalue weighted by atomic mass is 16.4. The Balaban J connectivity index is -0.000000237. The van der Waals surface area contributed by atoms with Gasteiger partial charge in [-0.2, -0.15) is 0 Å². The number of aryl methyl sites for hydroxylation is 1. The van der Waals surface area contributed by atoms with Gasteiger partial charge in [0.1, 0.15) is 0 Å². The molecule has 0 heterocycles. The molecule has 0 unspecified atom stereocenters. The second-order valence-electron chi connectivity index (χ2n) is 4.27. The first-order valence-corrected chi connectivity index (χ1v) is 6.61. The van der Waals surface area contributed by atoms with Crippen LogP contribution in [0.1, 0.15) is 19.4 Å². The average Bonchev–Trinajstić information content (AvgIpc) is 2.49. The zero-order valence-corrected chi connectivity index (χ0v) is 13.8. The maximum Gasteiger partial charge on any atom is 0.330 e. The third kappa shape index (κ3) is 28.5. The van der Waals surface area contributed by atoms with Crippen molar-refractivity contribution in [2.45, 2.75) is 20.8 Å². The highest BCUT2D eigenvalue weighted by Crippen LogP contribution is 1.92. The van der Waals surface area contributed by atoms with Crippen molar-refractivity contribution < 1.29 is 30.0 Å². The molecule has 0 fully saturated rings. The summed E-state index contributed by atoms with van der Waals surface area (Å²) in [5.74, 6) is -1.87. The van der Waals surface area contributed by atoms with E-state index in [-0.39, 0.29) is 24.4 Å². The van der Waals surface area contributed by atoms with E-state index in [9.17, 15) is 9.59 Å². The molecule has 0 amide bonds. The van der Waals surface area contributed by atoms with Gasteiger partial charge < -0.3 is 20.4 Å². The van der Waals surface area contributed by atoms with Crippen molar-refractivity contribution in [3.05, 3.63) is 60.2 Å². The number of hydrogen-bond acceptors (Lipinski definition) is 4. The lowest BCUT2D eigenvalue weighted by atomic mass is 10.2. The topological polar surface area (TPSA) is 115 Å². The van der Waals surface area contributed by atoms with Gasteiger partial charge in [0.25, 0.3) is 0 Å². The number of hydrogen-bond donors (Lipinski definition) is 4. The van der Waals surface area contributed by atoms with E-state index in [1.165, 1.54) is 19.4 Å². The van der Waals surface area contributed by atoms with Crippen molar-refractivity contribution in [1.82, 2.24) is 0 Å². The summed E-state index contributed by atoms with van der Waals surface area (Å²) in [5, 5.41) is 31.0. The van der Waals surface area contributed by atoms with E-state index in [1.807, 2.05) is 18.2 Å². The van der Waals surface area contributed by atoms with Gasteiger partial charge in [-0.25, -0.2) is 9.59 Å². The number of rotatable bonds is 3. The normalized spacial score (nSPS) is 7.87. The quantitative estimate of drug-likeness (QED) is 0.633. The number of carbonyl (C=O) groups is 2. The van der Waals surface area contributed by atoms with Crippen LogP contribution in [0.25, 0.3) is 0 Å². The van der Waals surface area contributed by atoms with E-state index in [2.05, 4.69) is 32.2 Å². The Labute approximate surface area is 137 Å². The minimum Gasteiger partial charge on any atom is -0.478 e. The van der Waals surface area contributed by atoms with Crippen LogP contribution in [0.3, 0.4) is 0 Å². The fourth-order valence-corrected chi connectivity index (χ4v) is 0.534. The molecule has 6 nitrogen and oxygen atoms in total. The molecular formula is C17H26O6. The predicted molar refractivity (Wildman–Crippen MR) is 90.3 cm³/mol. The fraction of sp³-hybridized carbons (Fsp3) is 0.294. The smallest absolute Gasteiger partial charge is 0.330 e. The van der Waals surface area contributed by atoms with Crippen LogP contribution < -0.4 is 0 Å². The van der Waals surface area contributed by atoms with Crippen LogP contribution in [0.5, 0.6) is 0 Å². The van der Waals surface area contributed by atoms with Gasteiger partial charge in [0.15, 0.2) is 0 Å². The molecule has 23 heavy (non-hydrogen) atoms. The van der Waals surface area contributed by atoms with Crippen molar-refractivity contribution in [2.24, 2.45) is 0 Å². The van der Waals surface area contributed by atoms with Crippen molar-refractivity contribution in [3.8, 4) is 0 Å². The Morgan fingerprint density at radius 2 is 1.13 bits per heavy atom. The number of aliphatic hydroxyl groups is 2. The summed E-state index contributed by atoms with van der Waals surface area (Å²) in [4.78, 5) is 19.2. The van der Waals surface area contributed by atoms with Crippen molar-refractivity contribution in [1.29, 1.82) is 0 Å². The maximum absolute atomic E-state index is 9.60.